The third kappa shape index (κ3) is 8.32. The minimum absolute atomic E-state index is 0. The van der Waals surface area contributed by atoms with Crippen LogP contribution in [0.2, 0.25) is 0 Å². The molecule has 1 fully saturated rings. The van der Waals surface area contributed by atoms with Crippen LogP contribution >= 0.6 is 24.0 Å². The normalized spacial score (nSPS) is 16.5. The van der Waals surface area contributed by atoms with Crippen LogP contribution in [0.1, 0.15) is 37.9 Å². The van der Waals surface area contributed by atoms with Gasteiger partial charge in [-0.3, -0.25) is 0 Å². The number of aryl methyl sites for hydroxylation is 1. The van der Waals surface area contributed by atoms with Gasteiger partial charge in [-0.1, -0.05) is 5.16 Å². The molecule has 0 amide bonds. The highest BCUT2D eigenvalue weighted by Gasteiger charge is 2.19. The lowest BCUT2D eigenvalue weighted by Crippen LogP contribution is -2.48. The molecule has 9 heteroatoms. The Bertz CT molecular complexity index is 503. The zero-order valence-corrected chi connectivity index (χ0v) is 17.8. The van der Waals surface area contributed by atoms with E-state index in [-0.39, 0.29) is 24.0 Å². The van der Waals surface area contributed by atoms with E-state index < -0.39 is 0 Å². The van der Waals surface area contributed by atoms with E-state index in [2.05, 4.69) is 37.6 Å². The standard InChI is InChI=1S/C16H30N6O2.HI/c1-4-17-16(18-12-15-19-13(2)24-21-15)20-14-6-9-22(10-7-14)8-5-11-23-3;/h14H,4-12H2,1-3H3,(H2,17,18,20);1H. The predicted octanol–water partition coefficient (Wildman–Crippen LogP) is 1.55. The number of likely N-dealkylation sites (tertiary alicyclic amines) is 1. The average Bonchev–Trinajstić information content (AvgIpc) is 3.00. The molecule has 2 N–H and O–H groups in total. The van der Waals surface area contributed by atoms with Gasteiger partial charge in [0.05, 0.1) is 0 Å². The van der Waals surface area contributed by atoms with Gasteiger partial charge in [-0.05, 0) is 26.2 Å². The molecular formula is C16H31IN6O2. The number of aliphatic imine (C=N–C) groups is 1. The van der Waals surface area contributed by atoms with E-state index >= 15 is 0 Å². The number of nitrogens with one attached hydrogen (secondary N) is 2. The van der Waals surface area contributed by atoms with Crippen molar-refractivity contribution < 1.29 is 9.26 Å². The van der Waals surface area contributed by atoms with Crippen molar-refractivity contribution in [1.29, 1.82) is 0 Å². The molecule has 0 aromatic carbocycles. The van der Waals surface area contributed by atoms with Crippen molar-refractivity contribution in [3.05, 3.63) is 11.7 Å². The maximum Gasteiger partial charge on any atom is 0.223 e. The van der Waals surface area contributed by atoms with Crippen molar-refractivity contribution in [2.24, 2.45) is 4.99 Å². The third-order valence-corrected chi connectivity index (χ3v) is 4.04. The first-order valence-corrected chi connectivity index (χ1v) is 8.76. The molecule has 1 saturated heterocycles. The molecule has 0 bridgehead atoms. The summed E-state index contributed by atoms with van der Waals surface area (Å²) < 4.78 is 10.1. The van der Waals surface area contributed by atoms with Crippen LogP contribution in [0.5, 0.6) is 0 Å². The van der Waals surface area contributed by atoms with Gasteiger partial charge in [-0.15, -0.1) is 24.0 Å². The first-order chi connectivity index (χ1) is 11.7. The second-order valence-electron chi connectivity index (χ2n) is 6.03. The van der Waals surface area contributed by atoms with E-state index in [9.17, 15) is 0 Å². The van der Waals surface area contributed by atoms with Crippen LogP contribution < -0.4 is 10.6 Å². The zero-order valence-electron chi connectivity index (χ0n) is 15.5. The Hall–Kier alpha value is -0.940. The Balaban J connectivity index is 0.00000312. The summed E-state index contributed by atoms with van der Waals surface area (Å²) in [6.07, 6.45) is 3.35. The average molecular weight is 466 g/mol. The maximum absolute atomic E-state index is 5.12. The van der Waals surface area contributed by atoms with Gasteiger partial charge in [0, 0.05) is 52.9 Å². The highest BCUT2D eigenvalue weighted by atomic mass is 127. The molecular weight excluding hydrogens is 435 g/mol. The van der Waals surface area contributed by atoms with Gasteiger partial charge < -0.3 is 24.8 Å². The number of hydrogen-bond donors (Lipinski definition) is 2. The van der Waals surface area contributed by atoms with Gasteiger partial charge >= 0.3 is 0 Å². The number of piperidine rings is 1. The predicted molar refractivity (Wildman–Crippen MR) is 108 cm³/mol. The SMILES string of the molecule is CCNC(=NCc1noc(C)n1)NC1CCN(CCCOC)CC1.I. The summed E-state index contributed by atoms with van der Waals surface area (Å²) in [7, 11) is 1.76. The minimum atomic E-state index is 0. The van der Waals surface area contributed by atoms with Crippen LogP contribution in [0, 0.1) is 6.92 Å². The molecule has 0 spiro atoms. The number of halogens is 1. The Morgan fingerprint density at radius 3 is 2.76 bits per heavy atom. The Kier molecular flexibility index (Phi) is 11.0. The topological polar surface area (TPSA) is 87.8 Å². The summed E-state index contributed by atoms with van der Waals surface area (Å²) in [5.74, 6) is 1.99. The van der Waals surface area contributed by atoms with Crippen LogP contribution in [0.4, 0.5) is 0 Å². The summed E-state index contributed by atoms with van der Waals surface area (Å²) in [5.41, 5.74) is 0. The maximum atomic E-state index is 5.12. The number of aromatic nitrogens is 2. The van der Waals surface area contributed by atoms with E-state index in [1.807, 2.05) is 0 Å². The number of guanidine groups is 1. The van der Waals surface area contributed by atoms with Crippen molar-refractivity contribution in [2.75, 3.05) is 39.9 Å². The van der Waals surface area contributed by atoms with Crippen LogP contribution in [0.25, 0.3) is 0 Å². The van der Waals surface area contributed by atoms with Crippen LogP contribution in [0.15, 0.2) is 9.52 Å². The minimum Gasteiger partial charge on any atom is -0.385 e. The summed E-state index contributed by atoms with van der Waals surface area (Å²) >= 11 is 0. The quantitative estimate of drug-likeness (QED) is 0.260. The number of rotatable bonds is 8. The van der Waals surface area contributed by atoms with Gasteiger partial charge in [0.2, 0.25) is 5.89 Å². The molecule has 0 radical (unpaired) electrons. The van der Waals surface area contributed by atoms with Gasteiger partial charge in [0.15, 0.2) is 11.8 Å². The highest BCUT2D eigenvalue weighted by molar-refractivity contribution is 14.0. The molecule has 0 saturated carbocycles. The molecule has 144 valence electrons. The lowest BCUT2D eigenvalue weighted by atomic mass is 10.1. The number of hydrogen-bond acceptors (Lipinski definition) is 6. The fraction of sp³-hybridized carbons (Fsp3) is 0.812. The molecule has 0 atom stereocenters. The molecule has 0 aliphatic carbocycles. The van der Waals surface area contributed by atoms with Gasteiger partial charge in [-0.2, -0.15) is 4.98 Å². The van der Waals surface area contributed by atoms with Crippen LogP contribution in [-0.2, 0) is 11.3 Å². The number of nitrogens with zero attached hydrogens (tertiary/aromatic N) is 4. The molecule has 0 unspecified atom stereocenters. The van der Waals surface area contributed by atoms with Crippen molar-refractivity contribution in [1.82, 2.24) is 25.7 Å². The van der Waals surface area contributed by atoms with Crippen LogP contribution in [0.3, 0.4) is 0 Å². The second-order valence-corrected chi connectivity index (χ2v) is 6.03. The molecule has 8 nitrogen and oxygen atoms in total. The lowest BCUT2D eigenvalue weighted by Gasteiger charge is -2.33. The van der Waals surface area contributed by atoms with Crippen molar-refractivity contribution in [2.45, 2.75) is 45.7 Å². The lowest BCUT2D eigenvalue weighted by molar-refractivity contribution is 0.155. The summed E-state index contributed by atoms with van der Waals surface area (Å²) in [5, 5.41) is 10.7. The van der Waals surface area contributed by atoms with Gasteiger partial charge in [-0.25, -0.2) is 4.99 Å². The monoisotopic (exact) mass is 466 g/mol. The van der Waals surface area contributed by atoms with E-state index in [1.165, 1.54) is 0 Å². The molecule has 1 aliphatic rings. The molecule has 25 heavy (non-hydrogen) atoms. The first kappa shape index (κ1) is 22.1. The number of ether oxygens (including phenoxy) is 1. The highest BCUT2D eigenvalue weighted by Crippen LogP contribution is 2.10. The summed E-state index contributed by atoms with van der Waals surface area (Å²) in [6, 6.07) is 0.452. The number of methoxy groups -OCH3 is 1. The second kappa shape index (κ2) is 12.4. The van der Waals surface area contributed by atoms with E-state index in [1.54, 1.807) is 14.0 Å². The molecule has 1 aliphatic heterocycles. The van der Waals surface area contributed by atoms with Gasteiger partial charge in [0.25, 0.3) is 0 Å². The molecule has 1 aromatic rings. The van der Waals surface area contributed by atoms with E-state index in [0.717, 1.165) is 58.0 Å². The fourth-order valence-electron chi connectivity index (χ4n) is 2.80. The summed E-state index contributed by atoms with van der Waals surface area (Å²) in [6.45, 7) is 9.28. The fourth-order valence-corrected chi connectivity index (χ4v) is 2.80. The largest absolute Gasteiger partial charge is 0.385 e. The molecule has 2 heterocycles. The zero-order chi connectivity index (χ0) is 17.2. The summed E-state index contributed by atoms with van der Waals surface area (Å²) in [4.78, 5) is 11.2. The molecule has 1 aromatic heterocycles. The molecule has 2 rings (SSSR count). The first-order valence-electron chi connectivity index (χ1n) is 8.76. The van der Waals surface area contributed by atoms with Crippen molar-refractivity contribution in [3.63, 3.8) is 0 Å². The van der Waals surface area contributed by atoms with Gasteiger partial charge in [0.1, 0.15) is 6.54 Å². The smallest absolute Gasteiger partial charge is 0.223 e. The van der Waals surface area contributed by atoms with Crippen molar-refractivity contribution >= 4 is 29.9 Å². The van der Waals surface area contributed by atoms with Crippen LogP contribution in [-0.4, -0.2) is 66.9 Å². The Morgan fingerprint density at radius 2 is 2.16 bits per heavy atom. The Morgan fingerprint density at radius 1 is 1.40 bits per heavy atom. The van der Waals surface area contributed by atoms with E-state index in [0.29, 0.717) is 24.3 Å². The van der Waals surface area contributed by atoms with Crippen molar-refractivity contribution in [3.8, 4) is 0 Å². The van der Waals surface area contributed by atoms with E-state index in [4.69, 9.17) is 9.26 Å². The third-order valence-electron chi connectivity index (χ3n) is 4.04. The Labute approximate surface area is 167 Å².